The Kier molecular flexibility index (Phi) is 3.55. The maximum absolute atomic E-state index is 12.3. The van der Waals surface area contributed by atoms with Crippen LogP contribution < -0.4 is 5.32 Å². The van der Waals surface area contributed by atoms with Crippen LogP contribution in [0.1, 0.15) is 32.1 Å². The van der Waals surface area contributed by atoms with Gasteiger partial charge in [0.2, 0.25) is 0 Å². The van der Waals surface area contributed by atoms with Crippen molar-refractivity contribution < 1.29 is 4.79 Å². The van der Waals surface area contributed by atoms with E-state index < -0.39 is 0 Å². The van der Waals surface area contributed by atoms with Gasteiger partial charge in [-0.2, -0.15) is 0 Å². The molecule has 2 aromatic heterocycles. The lowest BCUT2D eigenvalue weighted by Gasteiger charge is -2.05. The van der Waals surface area contributed by atoms with Gasteiger partial charge in [0.15, 0.2) is 0 Å². The summed E-state index contributed by atoms with van der Waals surface area (Å²) < 4.78 is 0. The third kappa shape index (κ3) is 2.59. The van der Waals surface area contributed by atoms with E-state index in [1.165, 1.54) is 16.0 Å². The van der Waals surface area contributed by atoms with Crippen LogP contribution in [-0.4, -0.2) is 10.9 Å². The zero-order valence-electron chi connectivity index (χ0n) is 12.4. The van der Waals surface area contributed by atoms with Crippen LogP contribution in [0.15, 0.2) is 29.6 Å². The van der Waals surface area contributed by atoms with Crippen molar-refractivity contribution in [1.29, 1.82) is 0 Å². The van der Waals surface area contributed by atoms with Gasteiger partial charge in [-0.3, -0.25) is 4.79 Å². The minimum atomic E-state index is -0.0250. The summed E-state index contributed by atoms with van der Waals surface area (Å²) in [6.07, 6.45) is 0. The van der Waals surface area contributed by atoms with Crippen LogP contribution in [0.3, 0.4) is 0 Å². The number of hydrogen-bond donors (Lipinski definition) is 2. The Bertz CT molecular complexity index is 813. The number of amides is 1. The highest BCUT2D eigenvalue weighted by atomic mass is 32.1. The Morgan fingerprint density at radius 1 is 1.24 bits per heavy atom. The standard InChI is InChI=1S/C17H18N2OS/c1-10-6-7-21-16(10)9-18-17(20)13-4-5-15-14(8-13)11(2)12(3)19-15/h4-8,19H,9H2,1-3H3,(H,18,20). The van der Waals surface area contributed by atoms with Gasteiger partial charge in [-0.1, -0.05) is 0 Å². The summed E-state index contributed by atoms with van der Waals surface area (Å²) in [7, 11) is 0. The maximum atomic E-state index is 12.3. The molecule has 0 fully saturated rings. The van der Waals surface area contributed by atoms with Gasteiger partial charge in [0.1, 0.15) is 0 Å². The number of fused-ring (bicyclic) bond motifs is 1. The Morgan fingerprint density at radius 2 is 2.05 bits per heavy atom. The number of nitrogens with one attached hydrogen (secondary N) is 2. The van der Waals surface area contributed by atoms with Gasteiger partial charge in [-0.15, -0.1) is 11.3 Å². The van der Waals surface area contributed by atoms with E-state index >= 15 is 0 Å². The van der Waals surface area contributed by atoms with E-state index in [1.807, 2.05) is 18.2 Å². The second kappa shape index (κ2) is 5.37. The molecule has 3 rings (SSSR count). The average Bonchev–Trinajstić information content (AvgIpc) is 3.01. The van der Waals surface area contributed by atoms with Crippen molar-refractivity contribution in [2.24, 2.45) is 0 Å². The van der Waals surface area contributed by atoms with Gasteiger partial charge in [-0.25, -0.2) is 0 Å². The second-order valence-corrected chi connectivity index (χ2v) is 6.35. The van der Waals surface area contributed by atoms with Gasteiger partial charge in [0, 0.05) is 27.0 Å². The second-order valence-electron chi connectivity index (χ2n) is 5.34. The number of carbonyl (C=O) groups excluding carboxylic acids is 1. The van der Waals surface area contributed by atoms with Crippen LogP contribution in [0.4, 0.5) is 0 Å². The molecule has 0 bridgehead atoms. The number of H-pyrrole nitrogens is 1. The summed E-state index contributed by atoms with van der Waals surface area (Å²) in [5.41, 5.74) is 5.37. The monoisotopic (exact) mass is 298 g/mol. The van der Waals surface area contributed by atoms with E-state index in [0.29, 0.717) is 12.1 Å². The fraction of sp³-hybridized carbons (Fsp3) is 0.235. The molecule has 1 amide bonds. The molecule has 0 aliphatic rings. The largest absolute Gasteiger partial charge is 0.358 e. The van der Waals surface area contributed by atoms with Crippen LogP contribution in [-0.2, 0) is 6.54 Å². The number of aromatic amines is 1. The zero-order chi connectivity index (χ0) is 15.0. The molecule has 2 heterocycles. The normalized spacial score (nSPS) is 11.0. The summed E-state index contributed by atoms with van der Waals surface area (Å²) in [5, 5.41) is 6.16. The molecule has 0 radical (unpaired) electrons. The summed E-state index contributed by atoms with van der Waals surface area (Å²) in [6, 6.07) is 7.88. The van der Waals surface area contributed by atoms with Crippen molar-refractivity contribution >= 4 is 28.1 Å². The van der Waals surface area contributed by atoms with Crippen molar-refractivity contribution in [3.05, 3.63) is 56.9 Å². The SMILES string of the molecule is Cc1ccsc1CNC(=O)c1ccc2[nH]c(C)c(C)c2c1. The van der Waals surface area contributed by atoms with E-state index in [2.05, 4.69) is 42.5 Å². The Labute approximate surface area is 128 Å². The Balaban J connectivity index is 1.81. The first kappa shape index (κ1) is 13.9. The van der Waals surface area contributed by atoms with Crippen LogP contribution in [0.5, 0.6) is 0 Å². The Morgan fingerprint density at radius 3 is 2.76 bits per heavy atom. The first-order chi connectivity index (χ1) is 10.1. The fourth-order valence-corrected chi connectivity index (χ4v) is 3.30. The predicted molar refractivity (Wildman–Crippen MR) is 88.0 cm³/mol. The molecule has 108 valence electrons. The molecule has 4 heteroatoms. The maximum Gasteiger partial charge on any atom is 0.251 e. The minimum absolute atomic E-state index is 0.0250. The summed E-state index contributed by atoms with van der Waals surface area (Å²) in [5.74, 6) is -0.0250. The van der Waals surface area contributed by atoms with Gasteiger partial charge in [0.25, 0.3) is 5.91 Å². The first-order valence-electron chi connectivity index (χ1n) is 6.96. The molecule has 0 saturated carbocycles. The molecule has 3 aromatic rings. The number of rotatable bonds is 3. The quantitative estimate of drug-likeness (QED) is 0.751. The number of carbonyl (C=O) groups is 1. The van der Waals surface area contributed by atoms with E-state index in [0.717, 1.165) is 16.6 Å². The van der Waals surface area contributed by atoms with E-state index in [1.54, 1.807) is 11.3 Å². The van der Waals surface area contributed by atoms with Crippen LogP contribution >= 0.6 is 11.3 Å². The minimum Gasteiger partial charge on any atom is -0.358 e. The highest BCUT2D eigenvalue weighted by Crippen LogP contribution is 2.22. The molecule has 0 unspecified atom stereocenters. The van der Waals surface area contributed by atoms with Gasteiger partial charge in [0.05, 0.1) is 6.54 Å². The van der Waals surface area contributed by atoms with E-state index in [-0.39, 0.29) is 5.91 Å². The van der Waals surface area contributed by atoms with E-state index in [9.17, 15) is 4.79 Å². The van der Waals surface area contributed by atoms with Gasteiger partial charge >= 0.3 is 0 Å². The topological polar surface area (TPSA) is 44.9 Å². The highest BCUT2D eigenvalue weighted by Gasteiger charge is 2.10. The predicted octanol–water partition coefficient (Wildman–Crippen LogP) is 4.08. The number of thiophene rings is 1. The third-order valence-electron chi connectivity index (χ3n) is 3.95. The lowest BCUT2D eigenvalue weighted by Crippen LogP contribution is -2.22. The molecule has 0 atom stereocenters. The summed E-state index contributed by atoms with van der Waals surface area (Å²) in [4.78, 5) is 16.8. The zero-order valence-corrected chi connectivity index (χ0v) is 13.2. The summed E-state index contributed by atoms with van der Waals surface area (Å²) >= 11 is 1.68. The third-order valence-corrected chi connectivity index (χ3v) is 4.97. The lowest BCUT2D eigenvalue weighted by molar-refractivity contribution is 0.0951. The van der Waals surface area contributed by atoms with Gasteiger partial charge < -0.3 is 10.3 Å². The average molecular weight is 298 g/mol. The number of aryl methyl sites for hydroxylation is 3. The van der Waals surface area contributed by atoms with Crippen LogP contribution in [0.2, 0.25) is 0 Å². The molecule has 3 nitrogen and oxygen atoms in total. The van der Waals surface area contributed by atoms with Gasteiger partial charge in [-0.05, 0) is 61.5 Å². The molecule has 0 aliphatic carbocycles. The number of aromatic nitrogens is 1. The molecule has 1 aromatic carbocycles. The van der Waals surface area contributed by atoms with Crippen LogP contribution in [0.25, 0.3) is 10.9 Å². The molecule has 21 heavy (non-hydrogen) atoms. The van der Waals surface area contributed by atoms with Crippen LogP contribution in [0, 0.1) is 20.8 Å². The van der Waals surface area contributed by atoms with Crippen molar-refractivity contribution in [3.8, 4) is 0 Å². The van der Waals surface area contributed by atoms with Crippen molar-refractivity contribution in [2.75, 3.05) is 0 Å². The molecule has 0 aliphatic heterocycles. The smallest absolute Gasteiger partial charge is 0.251 e. The fourth-order valence-electron chi connectivity index (χ4n) is 2.45. The molecule has 0 saturated heterocycles. The highest BCUT2D eigenvalue weighted by molar-refractivity contribution is 7.10. The Hall–Kier alpha value is -2.07. The van der Waals surface area contributed by atoms with Crippen molar-refractivity contribution in [1.82, 2.24) is 10.3 Å². The van der Waals surface area contributed by atoms with Crippen molar-refractivity contribution in [2.45, 2.75) is 27.3 Å². The number of benzene rings is 1. The number of hydrogen-bond acceptors (Lipinski definition) is 2. The van der Waals surface area contributed by atoms with E-state index in [4.69, 9.17) is 0 Å². The molecule has 0 spiro atoms. The molecular weight excluding hydrogens is 280 g/mol. The molecular formula is C17H18N2OS. The van der Waals surface area contributed by atoms with Crippen molar-refractivity contribution in [3.63, 3.8) is 0 Å². The summed E-state index contributed by atoms with van der Waals surface area (Å²) in [6.45, 7) is 6.78. The molecule has 2 N–H and O–H groups in total. The lowest BCUT2D eigenvalue weighted by atomic mass is 10.1. The first-order valence-corrected chi connectivity index (χ1v) is 7.84.